The fourth-order valence-corrected chi connectivity index (χ4v) is 2.95. The summed E-state index contributed by atoms with van der Waals surface area (Å²) in [5.74, 6) is 0.312. The van der Waals surface area contributed by atoms with Gasteiger partial charge < -0.3 is 19.9 Å². The molecule has 0 aliphatic carbocycles. The lowest BCUT2D eigenvalue weighted by Crippen LogP contribution is -2.24. The quantitative estimate of drug-likeness (QED) is 0.786. The lowest BCUT2D eigenvalue weighted by Gasteiger charge is -2.22. The first-order valence-electron chi connectivity index (χ1n) is 8.82. The third kappa shape index (κ3) is 4.49. The largest absolute Gasteiger partial charge is 0.493 e. The van der Waals surface area contributed by atoms with Crippen molar-refractivity contribution < 1.29 is 19.4 Å². The Balaban J connectivity index is 1.76. The number of carboxylic acids is 1. The van der Waals surface area contributed by atoms with Crippen LogP contribution >= 0.6 is 0 Å². The van der Waals surface area contributed by atoms with Gasteiger partial charge in [-0.3, -0.25) is 0 Å². The maximum absolute atomic E-state index is 11.5. The molecule has 0 spiro atoms. The monoisotopic (exact) mass is 357 g/mol. The number of nitrogens with one attached hydrogen (secondary N) is 1. The van der Waals surface area contributed by atoms with E-state index in [9.17, 15) is 9.90 Å². The normalized spacial score (nSPS) is 16.9. The van der Waals surface area contributed by atoms with E-state index in [1.54, 1.807) is 30.5 Å². The summed E-state index contributed by atoms with van der Waals surface area (Å²) in [6.07, 6.45) is 3.88. The molecule has 1 aliphatic rings. The predicted molar refractivity (Wildman–Crippen MR) is 97.6 cm³/mol. The number of carboxylic acid groups (broad SMARTS) is 1. The number of anilines is 1. The van der Waals surface area contributed by atoms with Gasteiger partial charge >= 0.3 is 5.97 Å². The van der Waals surface area contributed by atoms with Gasteiger partial charge in [-0.25, -0.2) is 14.8 Å². The summed E-state index contributed by atoms with van der Waals surface area (Å²) in [7, 11) is 0. The van der Waals surface area contributed by atoms with Gasteiger partial charge in [0, 0.05) is 24.9 Å². The Bertz CT molecular complexity index is 760. The third-order valence-corrected chi connectivity index (χ3v) is 4.26. The Morgan fingerprint density at radius 1 is 1.42 bits per heavy atom. The molecule has 2 aromatic rings. The molecule has 3 rings (SSSR count). The van der Waals surface area contributed by atoms with E-state index in [-0.39, 0.29) is 5.56 Å². The number of nitrogens with zero attached hydrogens (tertiary/aromatic N) is 2. The number of ether oxygens (including phenoxy) is 2. The molecule has 0 saturated carbocycles. The summed E-state index contributed by atoms with van der Waals surface area (Å²) >= 11 is 0. The molecular formula is C19H23N3O4. The summed E-state index contributed by atoms with van der Waals surface area (Å²) in [6.45, 7) is 4.58. The molecule has 0 unspecified atom stereocenters. The standard InChI is InChI=1S/C19H23N3O4/c1-2-26-17-6-5-14(10-15(17)18(23)24)16-7-8-20-19(22-16)21-11-13-4-3-9-25-12-13/h5-8,10,13H,2-4,9,11-12H2,1H3,(H,23,24)(H,20,21,22)/t13-/m1/s1. The van der Waals surface area contributed by atoms with Gasteiger partial charge in [0.1, 0.15) is 11.3 Å². The lowest BCUT2D eigenvalue weighted by atomic mass is 10.0. The fourth-order valence-electron chi connectivity index (χ4n) is 2.95. The molecule has 2 heterocycles. The zero-order valence-corrected chi connectivity index (χ0v) is 14.8. The Morgan fingerprint density at radius 2 is 2.31 bits per heavy atom. The van der Waals surface area contributed by atoms with Crippen molar-refractivity contribution in [2.45, 2.75) is 19.8 Å². The van der Waals surface area contributed by atoms with Crippen molar-refractivity contribution in [2.24, 2.45) is 5.92 Å². The van der Waals surface area contributed by atoms with Gasteiger partial charge in [-0.2, -0.15) is 0 Å². The van der Waals surface area contributed by atoms with Gasteiger partial charge in [-0.1, -0.05) is 0 Å². The topological polar surface area (TPSA) is 93.6 Å². The summed E-state index contributed by atoms with van der Waals surface area (Å²) in [4.78, 5) is 20.2. The molecule has 1 atom stereocenters. The second-order valence-corrected chi connectivity index (χ2v) is 6.18. The van der Waals surface area contributed by atoms with Crippen LogP contribution in [-0.4, -0.2) is 47.4 Å². The molecular weight excluding hydrogens is 334 g/mol. The van der Waals surface area contributed by atoms with Crippen molar-refractivity contribution in [1.29, 1.82) is 0 Å². The average molecular weight is 357 g/mol. The highest BCUT2D eigenvalue weighted by Crippen LogP contribution is 2.26. The van der Waals surface area contributed by atoms with Crippen LogP contribution in [0.4, 0.5) is 5.95 Å². The maximum Gasteiger partial charge on any atom is 0.339 e. The van der Waals surface area contributed by atoms with Gasteiger partial charge in [0.15, 0.2) is 0 Å². The number of aromatic carboxylic acids is 1. The first kappa shape index (κ1) is 18.1. The van der Waals surface area contributed by atoms with E-state index in [0.29, 0.717) is 35.5 Å². The summed E-state index contributed by atoms with van der Waals surface area (Å²) in [5.41, 5.74) is 1.49. The maximum atomic E-state index is 11.5. The zero-order chi connectivity index (χ0) is 18.4. The first-order valence-corrected chi connectivity index (χ1v) is 8.82. The zero-order valence-electron chi connectivity index (χ0n) is 14.8. The van der Waals surface area contributed by atoms with Crippen molar-refractivity contribution in [1.82, 2.24) is 9.97 Å². The third-order valence-electron chi connectivity index (χ3n) is 4.26. The number of aromatic nitrogens is 2. The minimum Gasteiger partial charge on any atom is -0.493 e. The van der Waals surface area contributed by atoms with Crippen molar-refractivity contribution >= 4 is 11.9 Å². The van der Waals surface area contributed by atoms with Crippen LogP contribution in [0, 0.1) is 5.92 Å². The first-order chi connectivity index (χ1) is 12.7. The number of hydrogen-bond acceptors (Lipinski definition) is 6. The number of carbonyl (C=O) groups is 1. The van der Waals surface area contributed by atoms with Gasteiger partial charge in [0.25, 0.3) is 0 Å². The molecule has 1 aromatic heterocycles. The van der Waals surface area contributed by atoms with Crippen LogP contribution in [0.2, 0.25) is 0 Å². The molecule has 1 fully saturated rings. The molecule has 0 amide bonds. The predicted octanol–water partition coefficient (Wildman–Crippen LogP) is 3.08. The van der Waals surface area contributed by atoms with E-state index < -0.39 is 5.97 Å². The van der Waals surface area contributed by atoms with E-state index in [0.717, 1.165) is 32.6 Å². The highest BCUT2D eigenvalue weighted by molar-refractivity contribution is 5.92. The van der Waals surface area contributed by atoms with Crippen LogP contribution in [0.15, 0.2) is 30.5 Å². The fraction of sp³-hybridized carbons (Fsp3) is 0.421. The summed E-state index contributed by atoms with van der Waals surface area (Å²) < 4.78 is 10.9. The minimum absolute atomic E-state index is 0.122. The van der Waals surface area contributed by atoms with E-state index in [1.165, 1.54) is 0 Å². The molecule has 0 radical (unpaired) electrons. The summed E-state index contributed by atoms with van der Waals surface area (Å²) in [5, 5.41) is 12.7. The van der Waals surface area contributed by atoms with Crippen LogP contribution in [0.25, 0.3) is 11.3 Å². The second-order valence-electron chi connectivity index (χ2n) is 6.18. The van der Waals surface area contributed by atoms with Crippen LogP contribution in [-0.2, 0) is 4.74 Å². The lowest BCUT2D eigenvalue weighted by molar-refractivity contribution is 0.0594. The molecule has 1 aliphatic heterocycles. The van der Waals surface area contributed by atoms with Crippen molar-refractivity contribution in [2.75, 3.05) is 31.7 Å². The van der Waals surface area contributed by atoms with Gasteiger partial charge in [-0.05, 0) is 49.9 Å². The molecule has 26 heavy (non-hydrogen) atoms. The number of benzene rings is 1. The molecule has 1 aromatic carbocycles. The van der Waals surface area contributed by atoms with E-state index in [1.807, 2.05) is 6.92 Å². The van der Waals surface area contributed by atoms with Crippen LogP contribution in [0.3, 0.4) is 0 Å². The smallest absolute Gasteiger partial charge is 0.339 e. The minimum atomic E-state index is -1.03. The van der Waals surface area contributed by atoms with E-state index in [2.05, 4.69) is 15.3 Å². The Morgan fingerprint density at radius 3 is 3.04 bits per heavy atom. The SMILES string of the molecule is CCOc1ccc(-c2ccnc(NC[C@H]3CCCOC3)n2)cc1C(=O)O. The highest BCUT2D eigenvalue weighted by atomic mass is 16.5. The molecule has 7 heteroatoms. The van der Waals surface area contributed by atoms with Gasteiger partial charge in [-0.15, -0.1) is 0 Å². The second kappa shape index (κ2) is 8.62. The van der Waals surface area contributed by atoms with E-state index >= 15 is 0 Å². The van der Waals surface area contributed by atoms with Gasteiger partial charge in [0.05, 0.1) is 18.9 Å². The van der Waals surface area contributed by atoms with Crippen molar-refractivity contribution in [3.63, 3.8) is 0 Å². The Labute approximate surface area is 152 Å². The Hall–Kier alpha value is -2.67. The molecule has 0 bridgehead atoms. The van der Waals surface area contributed by atoms with Crippen LogP contribution in [0.1, 0.15) is 30.1 Å². The Kier molecular flexibility index (Phi) is 6.01. The molecule has 138 valence electrons. The highest BCUT2D eigenvalue weighted by Gasteiger charge is 2.15. The molecule has 1 saturated heterocycles. The van der Waals surface area contributed by atoms with Crippen molar-refractivity contribution in [3.8, 4) is 17.0 Å². The van der Waals surface area contributed by atoms with Crippen molar-refractivity contribution in [3.05, 3.63) is 36.0 Å². The summed E-state index contributed by atoms with van der Waals surface area (Å²) in [6, 6.07) is 6.81. The van der Waals surface area contributed by atoms with Crippen LogP contribution < -0.4 is 10.1 Å². The number of hydrogen-bond donors (Lipinski definition) is 2. The average Bonchev–Trinajstić information content (AvgIpc) is 2.68. The molecule has 2 N–H and O–H groups in total. The van der Waals surface area contributed by atoms with Gasteiger partial charge in [0.2, 0.25) is 5.95 Å². The van der Waals surface area contributed by atoms with E-state index in [4.69, 9.17) is 9.47 Å². The number of rotatable bonds is 7. The van der Waals surface area contributed by atoms with Crippen LogP contribution in [0.5, 0.6) is 5.75 Å². The molecule has 7 nitrogen and oxygen atoms in total.